The second-order valence-electron chi connectivity index (χ2n) is 6.90. The van der Waals surface area contributed by atoms with Crippen LogP contribution in [0, 0.1) is 6.92 Å². The Morgan fingerprint density at radius 3 is 2.35 bits per heavy atom. The normalized spacial score (nSPS) is 15.0. The van der Waals surface area contributed by atoms with E-state index in [1.165, 1.54) is 5.56 Å². The van der Waals surface area contributed by atoms with Crippen molar-refractivity contribution in [3.05, 3.63) is 65.7 Å². The Bertz CT molecular complexity index is 677. The largest absolute Gasteiger partial charge is 0.494 e. The van der Waals surface area contributed by atoms with Gasteiger partial charge in [-0.05, 0) is 31.0 Å². The summed E-state index contributed by atoms with van der Waals surface area (Å²) in [6.07, 6.45) is 1.51. The summed E-state index contributed by atoms with van der Waals surface area (Å²) in [6, 6.07) is 18.2. The predicted octanol–water partition coefficient (Wildman–Crippen LogP) is 3.15. The van der Waals surface area contributed by atoms with Crippen LogP contribution in [0.5, 0.6) is 5.75 Å². The molecule has 2 aromatic carbocycles. The van der Waals surface area contributed by atoms with E-state index in [1.807, 2.05) is 35.2 Å². The second kappa shape index (κ2) is 9.39. The molecule has 0 bridgehead atoms. The van der Waals surface area contributed by atoms with Crippen LogP contribution in [-0.2, 0) is 11.2 Å². The molecule has 1 saturated heterocycles. The van der Waals surface area contributed by atoms with Gasteiger partial charge in [-0.1, -0.05) is 48.0 Å². The highest BCUT2D eigenvalue weighted by molar-refractivity contribution is 5.78. The summed E-state index contributed by atoms with van der Waals surface area (Å²) in [5, 5.41) is 0. The Kier molecular flexibility index (Phi) is 6.67. The van der Waals surface area contributed by atoms with Crippen molar-refractivity contribution in [3.8, 4) is 5.75 Å². The third kappa shape index (κ3) is 5.60. The van der Waals surface area contributed by atoms with Crippen LogP contribution in [0.25, 0.3) is 0 Å². The van der Waals surface area contributed by atoms with Gasteiger partial charge >= 0.3 is 0 Å². The minimum Gasteiger partial charge on any atom is -0.494 e. The lowest BCUT2D eigenvalue weighted by Crippen LogP contribution is -2.49. The topological polar surface area (TPSA) is 32.8 Å². The molecule has 0 aliphatic carbocycles. The van der Waals surface area contributed by atoms with Crippen molar-refractivity contribution >= 4 is 5.91 Å². The van der Waals surface area contributed by atoms with E-state index in [4.69, 9.17) is 4.74 Å². The van der Waals surface area contributed by atoms with Crippen LogP contribution >= 0.6 is 0 Å². The smallest absolute Gasteiger partial charge is 0.227 e. The highest BCUT2D eigenvalue weighted by atomic mass is 16.5. The molecule has 1 aliphatic rings. The third-order valence-electron chi connectivity index (χ3n) is 4.83. The summed E-state index contributed by atoms with van der Waals surface area (Å²) in [5.74, 6) is 1.17. The molecule has 1 heterocycles. The van der Waals surface area contributed by atoms with Crippen LogP contribution in [0.1, 0.15) is 17.5 Å². The zero-order valence-corrected chi connectivity index (χ0v) is 15.6. The Morgan fingerprint density at radius 2 is 1.65 bits per heavy atom. The van der Waals surface area contributed by atoms with Crippen molar-refractivity contribution in [1.29, 1.82) is 0 Å². The lowest BCUT2D eigenvalue weighted by atomic mass is 10.1. The molecule has 0 radical (unpaired) electrons. The number of hydrogen-bond donors (Lipinski definition) is 0. The molecule has 0 unspecified atom stereocenters. The second-order valence-corrected chi connectivity index (χ2v) is 6.90. The zero-order valence-electron chi connectivity index (χ0n) is 15.6. The van der Waals surface area contributed by atoms with Crippen molar-refractivity contribution in [2.75, 3.05) is 39.3 Å². The minimum atomic E-state index is 0.237. The Morgan fingerprint density at radius 1 is 0.962 bits per heavy atom. The summed E-state index contributed by atoms with van der Waals surface area (Å²) in [7, 11) is 0. The lowest BCUT2D eigenvalue weighted by Gasteiger charge is -2.34. The van der Waals surface area contributed by atoms with Gasteiger partial charge in [0.2, 0.25) is 5.91 Å². The molecule has 138 valence electrons. The van der Waals surface area contributed by atoms with E-state index >= 15 is 0 Å². The molecule has 0 atom stereocenters. The van der Waals surface area contributed by atoms with Crippen molar-refractivity contribution in [3.63, 3.8) is 0 Å². The first-order valence-corrected chi connectivity index (χ1v) is 9.44. The average Bonchev–Trinajstić information content (AvgIpc) is 2.68. The van der Waals surface area contributed by atoms with Crippen LogP contribution in [0.2, 0.25) is 0 Å². The number of aryl methyl sites for hydroxylation is 1. The highest BCUT2D eigenvalue weighted by Crippen LogP contribution is 2.10. The van der Waals surface area contributed by atoms with E-state index < -0.39 is 0 Å². The number of hydrogen-bond acceptors (Lipinski definition) is 3. The van der Waals surface area contributed by atoms with Gasteiger partial charge in [0.15, 0.2) is 0 Å². The fourth-order valence-electron chi connectivity index (χ4n) is 3.21. The highest BCUT2D eigenvalue weighted by Gasteiger charge is 2.20. The summed E-state index contributed by atoms with van der Waals surface area (Å²) in [4.78, 5) is 16.9. The minimum absolute atomic E-state index is 0.237. The Balaban J connectivity index is 1.33. The van der Waals surface area contributed by atoms with Gasteiger partial charge in [0.1, 0.15) is 5.75 Å². The van der Waals surface area contributed by atoms with Crippen LogP contribution in [0.4, 0.5) is 0 Å². The number of carbonyl (C=O) groups is 1. The van der Waals surface area contributed by atoms with Crippen molar-refractivity contribution in [1.82, 2.24) is 9.80 Å². The molecule has 0 aromatic heterocycles. The standard InChI is InChI=1S/C22H28N2O2/c1-19-8-10-20(11-9-19)18-22(25)24-15-13-23(14-16-24)12-5-17-26-21-6-3-2-4-7-21/h2-4,6-11H,5,12-18H2,1H3. The van der Waals surface area contributed by atoms with Gasteiger partial charge in [-0.3, -0.25) is 9.69 Å². The first-order valence-electron chi connectivity index (χ1n) is 9.44. The monoisotopic (exact) mass is 352 g/mol. The molecule has 0 N–H and O–H groups in total. The van der Waals surface area contributed by atoms with E-state index in [1.54, 1.807) is 0 Å². The number of rotatable bonds is 7. The Labute approximate surface area is 156 Å². The van der Waals surface area contributed by atoms with E-state index in [2.05, 4.69) is 36.1 Å². The van der Waals surface area contributed by atoms with Crippen LogP contribution in [0.15, 0.2) is 54.6 Å². The maximum atomic E-state index is 12.5. The fraction of sp³-hybridized carbons (Fsp3) is 0.409. The SMILES string of the molecule is Cc1ccc(CC(=O)N2CCN(CCCOc3ccccc3)CC2)cc1. The van der Waals surface area contributed by atoms with Gasteiger partial charge < -0.3 is 9.64 Å². The number of carbonyl (C=O) groups excluding carboxylic acids is 1. The van der Waals surface area contributed by atoms with E-state index in [0.29, 0.717) is 6.42 Å². The van der Waals surface area contributed by atoms with Gasteiger partial charge in [-0.25, -0.2) is 0 Å². The van der Waals surface area contributed by atoms with Gasteiger partial charge in [-0.15, -0.1) is 0 Å². The molecule has 4 nitrogen and oxygen atoms in total. The molecular formula is C22H28N2O2. The molecule has 3 rings (SSSR count). The number of benzene rings is 2. The quantitative estimate of drug-likeness (QED) is 0.718. The van der Waals surface area contributed by atoms with E-state index in [9.17, 15) is 4.79 Å². The lowest BCUT2D eigenvalue weighted by molar-refractivity contribution is -0.132. The maximum absolute atomic E-state index is 12.5. The van der Waals surface area contributed by atoms with E-state index in [-0.39, 0.29) is 5.91 Å². The molecule has 1 fully saturated rings. The van der Waals surface area contributed by atoms with Crippen LogP contribution < -0.4 is 4.74 Å². The third-order valence-corrected chi connectivity index (χ3v) is 4.83. The van der Waals surface area contributed by atoms with Crippen molar-refractivity contribution in [2.45, 2.75) is 19.8 Å². The summed E-state index contributed by atoms with van der Waals surface area (Å²) in [5.41, 5.74) is 2.33. The fourth-order valence-corrected chi connectivity index (χ4v) is 3.21. The summed E-state index contributed by atoms with van der Waals surface area (Å²) >= 11 is 0. The number of nitrogens with zero attached hydrogens (tertiary/aromatic N) is 2. The first-order chi connectivity index (χ1) is 12.7. The van der Waals surface area contributed by atoms with Gasteiger partial charge in [0, 0.05) is 32.7 Å². The van der Waals surface area contributed by atoms with Crippen molar-refractivity contribution in [2.24, 2.45) is 0 Å². The number of ether oxygens (including phenoxy) is 1. The van der Waals surface area contributed by atoms with Crippen LogP contribution in [0.3, 0.4) is 0 Å². The van der Waals surface area contributed by atoms with Crippen LogP contribution in [-0.4, -0.2) is 55.0 Å². The van der Waals surface area contributed by atoms with E-state index in [0.717, 1.165) is 57.1 Å². The number of piperazine rings is 1. The molecule has 4 heteroatoms. The first kappa shape index (κ1) is 18.5. The number of para-hydroxylation sites is 1. The summed E-state index contributed by atoms with van der Waals surface area (Å²) < 4.78 is 5.74. The molecule has 1 amide bonds. The Hall–Kier alpha value is -2.33. The van der Waals surface area contributed by atoms with Crippen molar-refractivity contribution < 1.29 is 9.53 Å². The molecule has 26 heavy (non-hydrogen) atoms. The number of amides is 1. The average molecular weight is 352 g/mol. The predicted molar refractivity (Wildman–Crippen MR) is 104 cm³/mol. The van der Waals surface area contributed by atoms with Gasteiger partial charge in [0.25, 0.3) is 0 Å². The molecular weight excluding hydrogens is 324 g/mol. The zero-order chi connectivity index (χ0) is 18.2. The summed E-state index contributed by atoms with van der Waals surface area (Å²) in [6.45, 7) is 7.36. The molecule has 0 saturated carbocycles. The molecule has 1 aliphatic heterocycles. The van der Waals surface area contributed by atoms with Gasteiger partial charge in [-0.2, -0.15) is 0 Å². The molecule has 0 spiro atoms. The van der Waals surface area contributed by atoms with Gasteiger partial charge in [0.05, 0.1) is 13.0 Å². The molecule has 2 aromatic rings. The maximum Gasteiger partial charge on any atom is 0.227 e.